The Balaban J connectivity index is 1.34. The summed E-state index contributed by atoms with van der Waals surface area (Å²) in [5, 5.41) is -0.295. The lowest BCUT2D eigenvalue weighted by Gasteiger charge is -2.35. The van der Waals surface area contributed by atoms with Crippen LogP contribution in [-0.2, 0) is 40.3 Å². The first-order valence-corrected chi connectivity index (χ1v) is 13.3. The fourth-order valence-electron chi connectivity index (χ4n) is 4.53. The number of benzene rings is 3. The van der Waals surface area contributed by atoms with Crippen LogP contribution >= 0.6 is 0 Å². The third-order valence-corrected chi connectivity index (χ3v) is 8.20. The lowest BCUT2D eigenvalue weighted by atomic mass is 9.91. The fraction of sp³-hybridized carbons (Fsp3) is 0.345. The SMILES string of the molecule is O=C(CC(Cc1ccccc1)[S+]([O-])N1CCC(Cc2ccccc2)CC1)OCc1ccccc1. The highest BCUT2D eigenvalue weighted by Crippen LogP contribution is 2.27. The van der Waals surface area contributed by atoms with Gasteiger partial charge in [-0.25, -0.2) is 0 Å². The molecule has 3 aromatic carbocycles. The van der Waals surface area contributed by atoms with E-state index in [4.69, 9.17) is 4.74 Å². The van der Waals surface area contributed by atoms with Crippen LogP contribution in [0.25, 0.3) is 0 Å². The Morgan fingerprint density at radius 3 is 1.97 bits per heavy atom. The van der Waals surface area contributed by atoms with Gasteiger partial charge in [-0.05, 0) is 41.9 Å². The quantitative estimate of drug-likeness (QED) is 0.293. The van der Waals surface area contributed by atoms with E-state index >= 15 is 0 Å². The molecule has 1 aliphatic heterocycles. The number of hydrogen-bond acceptors (Lipinski definition) is 4. The Morgan fingerprint density at radius 1 is 0.853 bits per heavy atom. The molecule has 2 unspecified atom stereocenters. The van der Waals surface area contributed by atoms with Crippen molar-refractivity contribution in [3.63, 3.8) is 0 Å². The van der Waals surface area contributed by atoms with Gasteiger partial charge in [0.25, 0.3) is 0 Å². The van der Waals surface area contributed by atoms with Crippen LogP contribution in [0.4, 0.5) is 0 Å². The van der Waals surface area contributed by atoms with Gasteiger partial charge >= 0.3 is 5.97 Å². The molecule has 34 heavy (non-hydrogen) atoms. The van der Waals surface area contributed by atoms with Crippen molar-refractivity contribution in [2.24, 2.45) is 5.92 Å². The van der Waals surface area contributed by atoms with Crippen LogP contribution in [0.5, 0.6) is 0 Å². The van der Waals surface area contributed by atoms with E-state index in [1.807, 2.05) is 66.7 Å². The fourth-order valence-corrected chi connectivity index (χ4v) is 6.13. The van der Waals surface area contributed by atoms with Crippen LogP contribution in [0.15, 0.2) is 91.0 Å². The zero-order valence-electron chi connectivity index (χ0n) is 19.6. The molecule has 178 valence electrons. The third-order valence-electron chi connectivity index (χ3n) is 6.42. The minimum atomic E-state index is -1.24. The zero-order valence-corrected chi connectivity index (χ0v) is 20.4. The van der Waals surface area contributed by atoms with Gasteiger partial charge in [-0.1, -0.05) is 91.0 Å². The summed E-state index contributed by atoms with van der Waals surface area (Å²) in [5.41, 5.74) is 3.41. The van der Waals surface area contributed by atoms with Crippen molar-refractivity contribution in [3.05, 3.63) is 108 Å². The molecular weight excluding hydrogens is 442 g/mol. The Kier molecular flexibility index (Phi) is 9.19. The first kappa shape index (κ1) is 24.5. The Morgan fingerprint density at radius 2 is 1.38 bits per heavy atom. The second-order valence-corrected chi connectivity index (χ2v) is 10.7. The lowest BCUT2D eigenvalue weighted by molar-refractivity contribution is -0.145. The van der Waals surface area contributed by atoms with Crippen molar-refractivity contribution in [1.29, 1.82) is 0 Å². The van der Waals surface area contributed by atoms with Gasteiger partial charge in [0, 0.05) is 30.9 Å². The summed E-state index contributed by atoms with van der Waals surface area (Å²) >= 11 is -1.24. The number of ether oxygens (including phenoxy) is 1. The maximum atomic E-state index is 13.6. The van der Waals surface area contributed by atoms with Gasteiger partial charge in [-0.3, -0.25) is 4.79 Å². The van der Waals surface area contributed by atoms with Crippen molar-refractivity contribution < 1.29 is 14.1 Å². The molecule has 4 nitrogen and oxygen atoms in total. The van der Waals surface area contributed by atoms with Crippen LogP contribution in [0.1, 0.15) is 36.0 Å². The summed E-state index contributed by atoms with van der Waals surface area (Å²) in [6.07, 6.45) is 3.87. The van der Waals surface area contributed by atoms with Crippen LogP contribution < -0.4 is 0 Å². The van der Waals surface area contributed by atoms with Crippen molar-refractivity contribution >= 4 is 17.3 Å². The molecule has 1 aliphatic rings. The molecule has 0 aliphatic carbocycles. The van der Waals surface area contributed by atoms with E-state index in [0.29, 0.717) is 12.3 Å². The van der Waals surface area contributed by atoms with E-state index in [9.17, 15) is 9.35 Å². The molecule has 0 spiro atoms. The Bertz CT molecular complexity index is 992. The first-order chi connectivity index (χ1) is 16.7. The maximum absolute atomic E-state index is 13.6. The average molecular weight is 476 g/mol. The van der Waals surface area contributed by atoms with E-state index in [1.165, 1.54) is 5.56 Å². The highest BCUT2D eigenvalue weighted by atomic mass is 32.2. The topological polar surface area (TPSA) is 52.6 Å². The Hall–Kier alpha value is -2.60. The molecule has 0 aromatic heterocycles. The van der Waals surface area contributed by atoms with Gasteiger partial charge in [-0.2, -0.15) is 0 Å². The number of carbonyl (C=O) groups is 1. The van der Waals surface area contributed by atoms with E-state index in [-0.39, 0.29) is 24.2 Å². The zero-order chi connectivity index (χ0) is 23.6. The predicted molar refractivity (Wildman–Crippen MR) is 137 cm³/mol. The number of hydrogen-bond donors (Lipinski definition) is 0. The highest BCUT2D eigenvalue weighted by molar-refractivity contribution is 7.89. The summed E-state index contributed by atoms with van der Waals surface area (Å²) in [5.74, 6) is 0.316. The second-order valence-electron chi connectivity index (χ2n) is 9.00. The van der Waals surface area contributed by atoms with Gasteiger partial charge in [0.15, 0.2) is 0 Å². The molecule has 2 atom stereocenters. The van der Waals surface area contributed by atoms with Crippen LogP contribution in [-0.4, -0.2) is 33.2 Å². The van der Waals surface area contributed by atoms with Crippen LogP contribution in [0.3, 0.4) is 0 Å². The number of carbonyl (C=O) groups excluding carboxylic acids is 1. The van der Waals surface area contributed by atoms with E-state index in [0.717, 1.165) is 43.5 Å². The number of nitrogens with zero attached hydrogens (tertiary/aromatic N) is 1. The molecule has 0 saturated carbocycles. The van der Waals surface area contributed by atoms with Gasteiger partial charge in [-0.15, -0.1) is 4.31 Å². The molecular formula is C29H33NO3S. The van der Waals surface area contributed by atoms with Crippen LogP contribution in [0.2, 0.25) is 0 Å². The summed E-state index contributed by atoms with van der Waals surface area (Å²) in [6.45, 7) is 1.85. The second kappa shape index (κ2) is 12.7. The van der Waals surface area contributed by atoms with Crippen molar-refractivity contribution in [2.75, 3.05) is 13.1 Å². The monoisotopic (exact) mass is 475 g/mol. The smallest absolute Gasteiger partial charge is 0.311 e. The van der Waals surface area contributed by atoms with E-state index in [1.54, 1.807) is 0 Å². The minimum Gasteiger partial charge on any atom is -0.598 e. The van der Waals surface area contributed by atoms with Crippen molar-refractivity contribution in [2.45, 2.75) is 44.0 Å². The van der Waals surface area contributed by atoms with Gasteiger partial charge in [0.05, 0.1) is 6.42 Å². The predicted octanol–water partition coefficient (Wildman–Crippen LogP) is 5.35. The normalized spacial score (nSPS) is 16.6. The molecule has 1 saturated heterocycles. The summed E-state index contributed by atoms with van der Waals surface area (Å²) < 4.78 is 21.2. The molecule has 1 fully saturated rings. The number of piperidine rings is 1. The molecule has 0 amide bonds. The molecule has 1 heterocycles. The van der Waals surface area contributed by atoms with Gasteiger partial charge in [0.2, 0.25) is 0 Å². The van der Waals surface area contributed by atoms with Gasteiger partial charge < -0.3 is 9.29 Å². The number of rotatable bonds is 10. The van der Waals surface area contributed by atoms with E-state index in [2.05, 4.69) is 28.6 Å². The third kappa shape index (κ3) is 7.45. The number of esters is 1. The largest absolute Gasteiger partial charge is 0.598 e. The summed E-state index contributed by atoms with van der Waals surface area (Å²) in [7, 11) is 0. The average Bonchev–Trinajstić information content (AvgIpc) is 2.89. The van der Waals surface area contributed by atoms with Crippen molar-refractivity contribution in [3.8, 4) is 0 Å². The first-order valence-electron chi connectivity index (χ1n) is 12.1. The molecule has 4 rings (SSSR count). The van der Waals surface area contributed by atoms with E-state index < -0.39 is 11.4 Å². The molecule has 0 N–H and O–H groups in total. The highest BCUT2D eigenvalue weighted by Gasteiger charge is 2.35. The molecule has 0 radical (unpaired) electrons. The molecule has 3 aromatic rings. The molecule has 0 bridgehead atoms. The maximum Gasteiger partial charge on any atom is 0.311 e. The van der Waals surface area contributed by atoms with Gasteiger partial charge in [0.1, 0.15) is 11.9 Å². The standard InChI is InChI=1S/C29H33NO3S/c31-29(33-23-27-14-8-3-9-15-27)22-28(21-25-12-6-2-7-13-25)34(32)30-18-16-26(17-19-30)20-24-10-4-1-5-11-24/h1-15,26,28H,16-23H2. The lowest BCUT2D eigenvalue weighted by Crippen LogP contribution is -2.45. The van der Waals surface area contributed by atoms with Crippen LogP contribution in [0, 0.1) is 5.92 Å². The summed E-state index contributed by atoms with van der Waals surface area (Å²) in [6, 6.07) is 30.3. The Labute approximate surface area is 206 Å². The minimum absolute atomic E-state index is 0.151. The van der Waals surface area contributed by atoms with Crippen molar-refractivity contribution in [1.82, 2.24) is 4.31 Å². The molecule has 5 heteroatoms. The summed E-state index contributed by atoms with van der Waals surface area (Å²) in [4.78, 5) is 12.7.